The quantitative estimate of drug-likeness (QED) is 0.646. The topological polar surface area (TPSA) is 38.8 Å². The molecule has 0 aliphatic carbocycles. The lowest BCUT2D eigenvalue weighted by atomic mass is 10.1. The third kappa shape index (κ3) is 7.36. The van der Waals surface area contributed by atoms with Crippen molar-refractivity contribution in [1.29, 1.82) is 0 Å². The molecule has 0 bridgehead atoms. The van der Waals surface area contributed by atoms with Gasteiger partial charge in [0.1, 0.15) is 11.4 Å². The number of rotatable bonds is 3. The van der Waals surface area contributed by atoms with Crippen molar-refractivity contribution in [3.05, 3.63) is 35.1 Å². The number of carbonyl (C=O) groups excluding carboxylic acids is 1. The highest BCUT2D eigenvalue weighted by atomic mass is 19.4. The van der Waals surface area contributed by atoms with Crippen LogP contribution in [0.4, 0.5) is 22.4 Å². The van der Waals surface area contributed by atoms with E-state index in [1.165, 1.54) is 11.0 Å². The molecule has 1 atom stereocenters. The monoisotopic (exact) mass is 393 g/mol. The predicted octanol–water partition coefficient (Wildman–Crippen LogP) is 5.40. The van der Waals surface area contributed by atoms with Crippen molar-refractivity contribution in [2.75, 3.05) is 13.1 Å². The van der Waals surface area contributed by atoms with E-state index in [9.17, 15) is 22.4 Å². The van der Waals surface area contributed by atoms with Crippen molar-refractivity contribution in [2.24, 2.45) is 0 Å². The van der Waals surface area contributed by atoms with Crippen molar-refractivity contribution in [2.45, 2.75) is 65.5 Å². The first-order chi connectivity index (χ1) is 12.5. The van der Waals surface area contributed by atoms with Gasteiger partial charge in [0, 0.05) is 6.54 Å². The maximum atomic E-state index is 13.5. The van der Waals surface area contributed by atoms with Crippen molar-refractivity contribution < 1.29 is 31.8 Å². The highest BCUT2D eigenvalue weighted by Crippen LogP contribution is 2.31. The second-order valence-corrected chi connectivity index (χ2v) is 6.96. The molecule has 2 rings (SSSR count). The Kier molecular flexibility index (Phi) is 8.07. The zero-order valence-electron chi connectivity index (χ0n) is 16.3. The second-order valence-electron chi connectivity index (χ2n) is 6.96. The molecule has 1 aliphatic heterocycles. The first-order valence-electron chi connectivity index (χ1n) is 8.91. The molecule has 1 aliphatic rings. The average molecular weight is 393 g/mol. The number of nitrogens with zero attached hydrogens (tertiary/aromatic N) is 1. The van der Waals surface area contributed by atoms with E-state index in [4.69, 9.17) is 9.47 Å². The predicted molar refractivity (Wildman–Crippen MR) is 93.8 cm³/mol. The SMILES string of the molecule is CC.CC(C)(C)OC(=O)N1CCC(OCc2ccc(C(F)(F)F)c(F)c2)C1. The van der Waals surface area contributed by atoms with Crippen LogP contribution in [0.25, 0.3) is 0 Å². The fourth-order valence-electron chi connectivity index (χ4n) is 2.45. The Morgan fingerprint density at radius 3 is 2.37 bits per heavy atom. The molecule has 0 aromatic heterocycles. The molecule has 0 saturated carbocycles. The smallest absolute Gasteiger partial charge is 0.419 e. The molecular formula is C19H27F4NO3. The number of ether oxygens (including phenoxy) is 2. The number of amides is 1. The molecule has 1 aromatic rings. The van der Waals surface area contributed by atoms with Gasteiger partial charge in [0.15, 0.2) is 0 Å². The molecule has 1 unspecified atom stereocenters. The molecule has 0 spiro atoms. The Hall–Kier alpha value is -1.83. The van der Waals surface area contributed by atoms with Crippen LogP contribution in [0.5, 0.6) is 0 Å². The minimum Gasteiger partial charge on any atom is -0.444 e. The number of likely N-dealkylation sites (tertiary alicyclic amines) is 1. The minimum absolute atomic E-state index is 0.0259. The van der Waals surface area contributed by atoms with E-state index in [1.54, 1.807) is 20.8 Å². The maximum absolute atomic E-state index is 13.5. The van der Waals surface area contributed by atoms with Crippen LogP contribution in [0.3, 0.4) is 0 Å². The summed E-state index contributed by atoms with van der Waals surface area (Å²) in [5.41, 5.74) is -1.58. The number of alkyl halides is 3. The molecule has 27 heavy (non-hydrogen) atoms. The van der Waals surface area contributed by atoms with Gasteiger partial charge in [0.25, 0.3) is 0 Å². The third-order valence-electron chi connectivity index (χ3n) is 3.62. The van der Waals surface area contributed by atoms with E-state index in [0.29, 0.717) is 31.1 Å². The summed E-state index contributed by atoms with van der Waals surface area (Å²) in [5.74, 6) is -1.32. The standard InChI is InChI=1S/C17H21F4NO3.C2H6/c1-16(2,3)25-15(23)22-7-6-12(9-22)24-10-11-4-5-13(14(18)8-11)17(19,20)21;1-2/h4-5,8,12H,6-7,9-10H2,1-3H3;1-2H3. The van der Waals surface area contributed by atoms with Gasteiger partial charge in [-0.2, -0.15) is 13.2 Å². The lowest BCUT2D eigenvalue weighted by Crippen LogP contribution is -2.36. The number of hydrogen-bond donors (Lipinski definition) is 0. The molecule has 0 radical (unpaired) electrons. The molecule has 1 heterocycles. The van der Waals surface area contributed by atoms with Crippen LogP contribution >= 0.6 is 0 Å². The molecule has 4 nitrogen and oxygen atoms in total. The summed E-state index contributed by atoms with van der Waals surface area (Å²) < 4.78 is 62.0. The zero-order chi connectivity index (χ0) is 20.8. The molecular weight excluding hydrogens is 366 g/mol. The van der Waals surface area contributed by atoms with Crippen LogP contribution in [0.15, 0.2) is 18.2 Å². The summed E-state index contributed by atoms with van der Waals surface area (Å²) >= 11 is 0. The van der Waals surface area contributed by atoms with Gasteiger partial charge < -0.3 is 14.4 Å². The van der Waals surface area contributed by atoms with Crippen LogP contribution in [0.1, 0.15) is 52.2 Å². The van der Waals surface area contributed by atoms with Crippen LogP contribution < -0.4 is 0 Å². The zero-order valence-corrected chi connectivity index (χ0v) is 16.3. The van der Waals surface area contributed by atoms with Gasteiger partial charge in [0.05, 0.1) is 24.8 Å². The first-order valence-corrected chi connectivity index (χ1v) is 8.91. The summed E-state index contributed by atoms with van der Waals surface area (Å²) in [4.78, 5) is 13.5. The third-order valence-corrected chi connectivity index (χ3v) is 3.62. The summed E-state index contributed by atoms with van der Waals surface area (Å²) in [6.45, 7) is 10.1. The fourth-order valence-corrected chi connectivity index (χ4v) is 2.45. The maximum Gasteiger partial charge on any atom is 0.419 e. The largest absolute Gasteiger partial charge is 0.444 e. The molecule has 154 valence electrons. The van der Waals surface area contributed by atoms with Gasteiger partial charge in [-0.25, -0.2) is 9.18 Å². The number of benzene rings is 1. The lowest BCUT2D eigenvalue weighted by molar-refractivity contribution is -0.140. The Bertz CT molecular complexity index is 626. The molecule has 1 fully saturated rings. The lowest BCUT2D eigenvalue weighted by Gasteiger charge is -2.24. The Morgan fingerprint density at radius 2 is 1.85 bits per heavy atom. The first kappa shape index (κ1) is 23.2. The fraction of sp³-hybridized carbons (Fsp3) is 0.632. The van der Waals surface area contributed by atoms with E-state index in [-0.39, 0.29) is 12.7 Å². The minimum atomic E-state index is -4.72. The Labute approximate surface area is 157 Å². The summed E-state index contributed by atoms with van der Waals surface area (Å²) in [7, 11) is 0. The van der Waals surface area contributed by atoms with E-state index in [1.807, 2.05) is 13.8 Å². The highest BCUT2D eigenvalue weighted by molar-refractivity contribution is 5.68. The highest BCUT2D eigenvalue weighted by Gasteiger charge is 2.34. The van der Waals surface area contributed by atoms with Crippen molar-refractivity contribution >= 4 is 6.09 Å². The summed E-state index contributed by atoms with van der Waals surface area (Å²) in [6.07, 6.45) is -4.83. The molecule has 8 heteroatoms. The Morgan fingerprint density at radius 1 is 1.22 bits per heavy atom. The van der Waals surface area contributed by atoms with Crippen LogP contribution in [-0.2, 0) is 22.3 Å². The second kappa shape index (κ2) is 9.39. The van der Waals surface area contributed by atoms with Crippen LogP contribution in [-0.4, -0.2) is 35.8 Å². The molecule has 0 N–H and O–H groups in total. The van der Waals surface area contributed by atoms with E-state index in [0.717, 1.165) is 6.07 Å². The Balaban J connectivity index is 0.00000176. The van der Waals surface area contributed by atoms with Crippen molar-refractivity contribution in [3.8, 4) is 0 Å². The van der Waals surface area contributed by atoms with Gasteiger partial charge in [0.2, 0.25) is 0 Å². The number of halogens is 4. The van der Waals surface area contributed by atoms with Crippen LogP contribution in [0, 0.1) is 5.82 Å². The van der Waals surface area contributed by atoms with Gasteiger partial charge >= 0.3 is 12.3 Å². The van der Waals surface area contributed by atoms with Gasteiger partial charge in [-0.05, 0) is 44.9 Å². The van der Waals surface area contributed by atoms with Gasteiger partial charge in [-0.15, -0.1) is 0 Å². The van der Waals surface area contributed by atoms with Gasteiger partial charge in [-0.1, -0.05) is 19.9 Å². The summed E-state index contributed by atoms with van der Waals surface area (Å²) in [6, 6.07) is 2.71. The van der Waals surface area contributed by atoms with Crippen molar-refractivity contribution in [3.63, 3.8) is 0 Å². The van der Waals surface area contributed by atoms with Crippen LogP contribution in [0.2, 0.25) is 0 Å². The van der Waals surface area contributed by atoms with Crippen molar-refractivity contribution in [1.82, 2.24) is 4.90 Å². The van der Waals surface area contributed by atoms with E-state index < -0.39 is 29.3 Å². The molecule has 1 amide bonds. The van der Waals surface area contributed by atoms with E-state index >= 15 is 0 Å². The van der Waals surface area contributed by atoms with E-state index in [2.05, 4.69) is 0 Å². The normalized spacial score (nSPS) is 17.4. The molecule has 1 saturated heterocycles. The summed E-state index contributed by atoms with van der Waals surface area (Å²) in [5, 5.41) is 0. The number of carbonyl (C=O) groups is 1. The molecule has 1 aromatic carbocycles. The number of hydrogen-bond acceptors (Lipinski definition) is 3. The average Bonchev–Trinajstić information content (AvgIpc) is 3.01. The van der Waals surface area contributed by atoms with Gasteiger partial charge in [-0.3, -0.25) is 0 Å².